The topological polar surface area (TPSA) is 102 Å². The summed E-state index contributed by atoms with van der Waals surface area (Å²) in [5, 5.41) is 11.3. The van der Waals surface area contributed by atoms with Crippen molar-refractivity contribution in [1.29, 1.82) is 0 Å². The van der Waals surface area contributed by atoms with E-state index >= 15 is 0 Å². The zero-order valence-corrected chi connectivity index (χ0v) is 17.0. The third kappa shape index (κ3) is 4.46. The molecule has 8 nitrogen and oxygen atoms in total. The van der Waals surface area contributed by atoms with E-state index in [9.17, 15) is 14.9 Å². The van der Waals surface area contributed by atoms with E-state index in [2.05, 4.69) is 16.6 Å². The van der Waals surface area contributed by atoms with E-state index in [1.54, 1.807) is 54.9 Å². The number of non-ortho nitro benzene ring substituents is 1. The number of nitro groups is 1. The zero-order valence-electron chi connectivity index (χ0n) is 16.2. The summed E-state index contributed by atoms with van der Waals surface area (Å²) in [4.78, 5) is 33.8. The van der Waals surface area contributed by atoms with Crippen LogP contribution in [0.25, 0.3) is 17.4 Å². The summed E-state index contributed by atoms with van der Waals surface area (Å²) in [5.74, 6) is 0.843. The van der Waals surface area contributed by atoms with Crippen molar-refractivity contribution in [3.8, 4) is 11.3 Å². The number of nitrogens with zero attached hydrogens (tertiary/aromatic N) is 4. The van der Waals surface area contributed by atoms with E-state index in [4.69, 9.17) is 4.42 Å². The van der Waals surface area contributed by atoms with Gasteiger partial charge in [0.2, 0.25) is 0 Å². The van der Waals surface area contributed by atoms with E-state index in [-0.39, 0.29) is 11.6 Å². The van der Waals surface area contributed by atoms with Crippen LogP contribution in [0.1, 0.15) is 5.76 Å². The molecular formula is C22H16N4O4S. The molecule has 0 atom stereocenters. The highest BCUT2D eigenvalue weighted by atomic mass is 32.2. The minimum Gasteiger partial charge on any atom is -0.457 e. The van der Waals surface area contributed by atoms with Gasteiger partial charge in [0.05, 0.1) is 21.7 Å². The first-order chi connectivity index (χ1) is 15.0. The molecule has 1 amide bonds. The van der Waals surface area contributed by atoms with Crippen molar-refractivity contribution in [1.82, 2.24) is 9.88 Å². The fourth-order valence-corrected chi connectivity index (χ4v) is 3.86. The second kappa shape index (κ2) is 8.80. The molecule has 31 heavy (non-hydrogen) atoms. The van der Waals surface area contributed by atoms with Crippen molar-refractivity contribution < 1.29 is 14.1 Å². The minimum atomic E-state index is -0.454. The smallest absolute Gasteiger partial charge is 0.269 e. The Kier molecular flexibility index (Phi) is 5.76. The van der Waals surface area contributed by atoms with Crippen LogP contribution in [-0.4, -0.2) is 32.4 Å². The van der Waals surface area contributed by atoms with Gasteiger partial charge in [0.1, 0.15) is 11.5 Å². The van der Waals surface area contributed by atoms with Crippen LogP contribution in [-0.2, 0) is 4.79 Å². The number of furan rings is 1. The molecule has 0 N–H and O–H groups in total. The number of carbonyl (C=O) groups excluding carboxylic acids is 1. The van der Waals surface area contributed by atoms with E-state index in [1.165, 1.54) is 28.8 Å². The lowest BCUT2D eigenvalue weighted by molar-refractivity contribution is -0.384. The Bertz CT molecular complexity index is 1200. The molecule has 3 heterocycles. The average molecular weight is 432 g/mol. The quantitative estimate of drug-likeness (QED) is 0.234. The number of aliphatic imine (C=N–C) groups is 1. The van der Waals surface area contributed by atoms with Crippen molar-refractivity contribution >= 4 is 40.3 Å². The molecule has 4 rings (SSSR count). The third-order valence-electron chi connectivity index (χ3n) is 4.33. The summed E-state index contributed by atoms with van der Waals surface area (Å²) in [6.07, 6.45) is 6.57. The number of amidine groups is 1. The average Bonchev–Trinajstić information content (AvgIpc) is 3.35. The molecule has 1 aliphatic heterocycles. The van der Waals surface area contributed by atoms with E-state index in [0.717, 1.165) is 0 Å². The summed E-state index contributed by atoms with van der Waals surface area (Å²) in [5.41, 5.74) is 1.35. The maximum Gasteiger partial charge on any atom is 0.269 e. The van der Waals surface area contributed by atoms with Crippen LogP contribution >= 0.6 is 11.8 Å². The lowest BCUT2D eigenvalue weighted by Gasteiger charge is -2.12. The van der Waals surface area contributed by atoms with Crippen LogP contribution in [0.4, 0.5) is 11.4 Å². The van der Waals surface area contributed by atoms with Crippen LogP contribution in [0.3, 0.4) is 0 Å². The largest absolute Gasteiger partial charge is 0.457 e. The molecule has 0 saturated carbocycles. The van der Waals surface area contributed by atoms with Gasteiger partial charge in [-0.05, 0) is 48.2 Å². The first-order valence-electron chi connectivity index (χ1n) is 9.21. The molecule has 1 saturated heterocycles. The lowest BCUT2D eigenvalue weighted by Crippen LogP contribution is -2.29. The monoisotopic (exact) mass is 432 g/mol. The summed E-state index contributed by atoms with van der Waals surface area (Å²) >= 11 is 1.24. The minimum absolute atomic E-state index is 0.00772. The molecule has 9 heteroatoms. The molecule has 0 spiro atoms. The highest BCUT2D eigenvalue weighted by Crippen LogP contribution is 2.35. The fraction of sp³-hybridized carbons (Fsp3) is 0.0455. The summed E-state index contributed by atoms with van der Waals surface area (Å²) < 4.78 is 5.83. The lowest BCUT2D eigenvalue weighted by atomic mass is 10.1. The predicted octanol–water partition coefficient (Wildman–Crippen LogP) is 5.04. The Morgan fingerprint density at radius 1 is 1.23 bits per heavy atom. The summed E-state index contributed by atoms with van der Waals surface area (Å²) in [7, 11) is 0. The summed E-state index contributed by atoms with van der Waals surface area (Å²) in [6.45, 7) is 4.04. The second-order valence-corrected chi connectivity index (χ2v) is 7.44. The number of aromatic nitrogens is 1. The molecule has 0 unspecified atom stereocenters. The Labute approximate surface area is 181 Å². The number of rotatable bonds is 6. The number of benzene rings is 1. The second-order valence-electron chi connectivity index (χ2n) is 6.43. The van der Waals surface area contributed by atoms with Crippen LogP contribution in [0.15, 0.2) is 87.9 Å². The van der Waals surface area contributed by atoms with Gasteiger partial charge in [0.25, 0.3) is 11.6 Å². The number of carbonyl (C=O) groups is 1. The highest BCUT2D eigenvalue weighted by molar-refractivity contribution is 8.18. The van der Waals surface area contributed by atoms with Crippen molar-refractivity contribution in [2.75, 3.05) is 6.54 Å². The molecule has 1 aromatic carbocycles. The molecule has 0 radical (unpaired) electrons. The number of amides is 1. The zero-order chi connectivity index (χ0) is 21.8. The van der Waals surface area contributed by atoms with Gasteiger partial charge in [0, 0.05) is 36.5 Å². The Balaban J connectivity index is 1.60. The number of hydrogen-bond acceptors (Lipinski definition) is 7. The van der Waals surface area contributed by atoms with Gasteiger partial charge in [-0.2, -0.15) is 0 Å². The number of pyridine rings is 1. The maximum absolute atomic E-state index is 12.9. The van der Waals surface area contributed by atoms with Gasteiger partial charge in [-0.1, -0.05) is 6.08 Å². The molecule has 154 valence electrons. The molecule has 2 aromatic heterocycles. The maximum atomic E-state index is 12.9. The van der Waals surface area contributed by atoms with Crippen molar-refractivity contribution in [2.45, 2.75) is 0 Å². The fourth-order valence-electron chi connectivity index (χ4n) is 2.87. The first kappa shape index (κ1) is 20.3. The van der Waals surface area contributed by atoms with Gasteiger partial charge in [-0.15, -0.1) is 6.58 Å². The van der Waals surface area contributed by atoms with Gasteiger partial charge in [-0.3, -0.25) is 24.8 Å². The number of hydrogen-bond donors (Lipinski definition) is 0. The van der Waals surface area contributed by atoms with Gasteiger partial charge < -0.3 is 4.42 Å². The molecule has 1 aliphatic rings. The van der Waals surface area contributed by atoms with Crippen molar-refractivity contribution in [2.24, 2.45) is 4.99 Å². The SMILES string of the molecule is C=CCN1C(=O)/C(=C\c2ccc(-c3ccc([N+](=O)[O-])cc3)o2)SC1=Nc1cccnc1. The molecule has 0 aliphatic carbocycles. The molecular weight excluding hydrogens is 416 g/mol. The van der Waals surface area contributed by atoms with E-state index in [0.29, 0.717) is 39.4 Å². The van der Waals surface area contributed by atoms with Crippen molar-refractivity contribution in [3.63, 3.8) is 0 Å². The molecule has 0 bridgehead atoms. The van der Waals surface area contributed by atoms with Crippen molar-refractivity contribution in [3.05, 3.63) is 94.4 Å². The van der Waals surface area contributed by atoms with Gasteiger partial charge >= 0.3 is 0 Å². The number of nitro benzene ring substituents is 1. The third-order valence-corrected chi connectivity index (χ3v) is 5.34. The van der Waals surface area contributed by atoms with Crippen LogP contribution in [0, 0.1) is 10.1 Å². The Morgan fingerprint density at radius 3 is 2.71 bits per heavy atom. The van der Waals surface area contributed by atoms with Crippen LogP contribution in [0.5, 0.6) is 0 Å². The van der Waals surface area contributed by atoms with E-state index < -0.39 is 4.92 Å². The summed E-state index contributed by atoms with van der Waals surface area (Å²) in [6, 6.07) is 13.2. The van der Waals surface area contributed by atoms with Gasteiger partial charge in [0.15, 0.2) is 5.17 Å². The van der Waals surface area contributed by atoms with Crippen LogP contribution in [0.2, 0.25) is 0 Å². The Morgan fingerprint density at radius 2 is 2.03 bits per heavy atom. The molecule has 1 fully saturated rings. The van der Waals surface area contributed by atoms with Crippen LogP contribution < -0.4 is 0 Å². The van der Waals surface area contributed by atoms with Gasteiger partial charge in [-0.25, -0.2) is 4.99 Å². The molecule has 3 aromatic rings. The highest BCUT2D eigenvalue weighted by Gasteiger charge is 2.33. The first-order valence-corrected chi connectivity index (χ1v) is 10.0. The van der Waals surface area contributed by atoms with E-state index in [1.807, 2.05) is 6.07 Å². The predicted molar refractivity (Wildman–Crippen MR) is 120 cm³/mol. The number of thioether (sulfide) groups is 1. The standard InChI is InChI=1S/C22H16N4O4S/c1-2-12-25-21(27)20(31-22(25)24-16-4-3-11-23-14-16)13-18-9-10-19(30-18)15-5-7-17(8-6-15)26(28)29/h2-11,13-14H,1,12H2/b20-13+,24-22?. The Hall–Kier alpha value is -3.98. The normalized spacial score (nSPS) is 16.3.